The molecule has 0 spiro atoms. The molecule has 1 aliphatic carbocycles. The van der Waals surface area contributed by atoms with Crippen LogP contribution < -0.4 is 11.1 Å². The van der Waals surface area contributed by atoms with E-state index in [1.54, 1.807) is 6.08 Å². The fourth-order valence-corrected chi connectivity index (χ4v) is 1.62. The number of rotatable bonds is 2. The topological polar surface area (TPSA) is 94.0 Å². The van der Waals surface area contributed by atoms with Crippen molar-refractivity contribution in [1.82, 2.24) is 10.3 Å². The number of aromatic nitrogens is 2. The number of hydrogen-bond acceptors (Lipinski definition) is 6. The SMILES string of the molecule is CC1CC(=O)C=C(Nc2nonc2N)C1. The smallest absolute Gasteiger partial charge is 0.219 e. The third-order valence-electron chi connectivity index (χ3n) is 2.25. The van der Waals surface area contributed by atoms with Crippen LogP contribution in [0.3, 0.4) is 0 Å². The van der Waals surface area contributed by atoms with Gasteiger partial charge in [0.25, 0.3) is 0 Å². The highest BCUT2D eigenvalue weighted by molar-refractivity contribution is 5.92. The Balaban J connectivity index is 2.12. The van der Waals surface area contributed by atoms with Gasteiger partial charge in [0, 0.05) is 18.2 Å². The quantitative estimate of drug-likeness (QED) is 0.751. The predicted octanol–water partition coefficient (Wildman–Crippen LogP) is 0.947. The van der Waals surface area contributed by atoms with E-state index in [9.17, 15) is 4.79 Å². The number of anilines is 2. The molecule has 0 aromatic carbocycles. The van der Waals surface area contributed by atoms with Gasteiger partial charge in [-0.15, -0.1) is 0 Å². The zero-order chi connectivity index (χ0) is 10.8. The standard InChI is InChI=1S/C9H12N4O2/c1-5-2-6(4-7(14)3-5)11-9-8(10)12-15-13-9/h4-5H,2-3H2,1H3,(H2,10,12)(H,11,13). The summed E-state index contributed by atoms with van der Waals surface area (Å²) >= 11 is 0. The van der Waals surface area contributed by atoms with Gasteiger partial charge in [-0.25, -0.2) is 4.63 Å². The van der Waals surface area contributed by atoms with Crippen molar-refractivity contribution in [1.29, 1.82) is 0 Å². The second kappa shape index (κ2) is 3.72. The summed E-state index contributed by atoms with van der Waals surface area (Å²) in [6, 6.07) is 0. The fraction of sp³-hybridized carbons (Fsp3) is 0.444. The Labute approximate surface area is 86.5 Å². The Kier molecular flexibility index (Phi) is 2.40. The Bertz CT molecular complexity index is 410. The van der Waals surface area contributed by atoms with Gasteiger partial charge in [0.05, 0.1) is 0 Å². The molecular formula is C9H12N4O2. The first-order valence-electron chi connectivity index (χ1n) is 4.73. The van der Waals surface area contributed by atoms with E-state index in [0.29, 0.717) is 18.2 Å². The van der Waals surface area contributed by atoms with Crippen LogP contribution in [0.2, 0.25) is 0 Å². The predicted molar refractivity (Wildman–Crippen MR) is 53.8 cm³/mol. The summed E-state index contributed by atoms with van der Waals surface area (Å²) in [5, 5.41) is 9.96. The second-order valence-electron chi connectivity index (χ2n) is 3.77. The van der Waals surface area contributed by atoms with Crippen molar-refractivity contribution in [2.45, 2.75) is 19.8 Å². The lowest BCUT2D eigenvalue weighted by Gasteiger charge is -2.18. The Morgan fingerprint density at radius 3 is 2.93 bits per heavy atom. The third kappa shape index (κ3) is 2.15. The highest BCUT2D eigenvalue weighted by Gasteiger charge is 2.18. The van der Waals surface area contributed by atoms with Crippen molar-refractivity contribution in [3.05, 3.63) is 11.8 Å². The monoisotopic (exact) mass is 208 g/mol. The van der Waals surface area contributed by atoms with Crippen molar-refractivity contribution in [2.75, 3.05) is 11.1 Å². The normalized spacial score (nSPS) is 21.3. The fourth-order valence-electron chi connectivity index (χ4n) is 1.62. The van der Waals surface area contributed by atoms with Gasteiger partial charge >= 0.3 is 0 Å². The number of carbonyl (C=O) groups excluding carboxylic acids is 1. The molecule has 1 unspecified atom stereocenters. The minimum atomic E-state index is 0.117. The van der Waals surface area contributed by atoms with Crippen LogP contribution in [-0.4, -0.2) is 16.1 Å². The first-order chi connectivity index (χ1) is 7.15. The number of nitrogens with zero attached hydrogens (tertiary/aromatic N) is 2. The lowest BCUT2D eigenvalue weighted by atomic mass is 9.93. The maximum absolute atomic E-state index is 11.3. The molecule has 1 heterocycles. The van der Waals surface area contributed by atoms with E-state index in [4.69, 9.17) is 5.73 Å². The molecular weight excluding hydrogens is 196 g/mol. The summed E-state index contributed by atoms with van der Waals surface area (Å²) in [4.78, 5) is 11.3. The van der Waals surface area contributed by atoms with Gasteiger partial charge in [0.1, 0.15) is 0 Å². The third-order valence-corrected chi connectivity index (χ3v) is 2.25. The minimum absolute atomic E-state index is 0.117. The van der Waals surface area contributed by atoms with Crippen molar-refractivity contribution >= 4 is 17.4 Å². The molecule has 1 aromatic heterocycles. The number of hydrogen-bond donors (Lipinski definition) is 2. The number of nitrogens with one attached hydrogen (secondary N) is 1. The molecule has 1 aromatic rings. The molecule has 0 radical (unpaired) electrons. The zero-order valence-electron chi connectivity index (χ0n) is 8.36. The van der Waals surface area contributed by atoms with Crippen molar-refractivity contribution in [3.63, 3.8) is 0 Å². The summed E-state index contributed by atoms with van der Waals surface area (Å²) in [5.74, 6) is 1.02. The van der Waals surface area contributed by atoms with Crippen LogP contribution in [0.5, 0.6) is 0 Å². The van der Waals surface area contributed by atoms with Gasteiger partial charge in [-0.2, -0.15) is 0 Å². The molecule has 80 valence electrons. The number of carbonyl (C=O) groups is 1. The molecule has 3 N–H and O–H groups in total. The van der Waals surface area contributed by atoms with Crippen LogP contribution >= 0.6 is 0 Å². The second-order valence-corrected chi connectivity index (χ2v) is 3.77. The minimum Gasteiger partial charge on any atom is -0.378 e. The zero-order valence-corrected chi connectivity index (χ0v) is 8.36. The summed E-state index contributed by atoms with van der Waals surface area (Å²) < 4.78 is 4.44. The average molecular weight is 208 g/mol. The number of nitrogen functional groups attached to an aromatic ring is 1. The molecule has 0 aliphatic heterocycles. The van der Waals surface area contributed by atoms with Gasteiger partial charge in [-0.3, -0.25) is 4.79 Å². The van der Waals surface area contributed by atoms with Crippen LogP contribution in [0.25, 0.3) is 0 Å². The van der Waals surface area contributed by atoms with E-state index in [-0.39, 0.29) is 11.6 Å². The number of allylic oxidation sites excluding steroid dienone is 2. The van der Waals surface area contributed by atoms with Crippen LogP contribution in [-0.2, 0) is 4.79 Å². The van der Waals surface area contributed by atoms with Gasteiger partial charge in [0.2, 0.25) is 11.6 Å². The van der Waals surface area contributed by atoms with Gasteiger partial charge in [-0.1, -0.05) is 6.92 Å². The van der Waals surface area contributed by atoms with Crippen LogP contribution in [0, 0.1) is 5.92 Å². The molecule has 15 heavy (non-hydrogen) atoms. The Hall–Kier alpha value is -1.85. The van der Waals surface area contributed by atoms with Gasteiger partial charge in [-0.05, 0) is 22.7 Å². The average Bonchev–Trinajstić information content (AvgIpc) is 2.50. The molecule has 6 heteroatoms. The summed E-state index contributed by atoms with van der Waals surface area (Å²) in [5.41, 5.74) is 6.29. The molecule has 0 saturated heterocycles. The maximum atomic E-state index is 11.3. The first-order valence-corrected chi connectivity index (χ1v) is 4.73. The summed E-state index contributed by atoms with van der Waals surface area (Å²) in [7, 11) is 0. The van der Waals surface area contributed by atoms with Gasteiger partial charge < -0.3 is 11.1 Å². The Morgan fingerprint density at radius 1 is 1.53 bits per heavy atom. The molecule has 1 aliphatic rings. The van der Waals surface area contributed by atoms with Crippen LogP contribution in [0.4, 0.5) is 11.6 Å². The highest BCUT2D eigenvalue weighted by atomic mass is 16.6. The molecule has 0 amide bonds. The summed E-state index contributed by atoms with van der Waals surface area (Å²) in [6.07, 6.45) is 2.98. The lowest BCUT2D eigenvalue weighted by molar-refractivity contribution is -0.115. The largest absolute Gasteiger partial charge is 0.378 e. The van der Waals surface area contributed by atoms with E-state index < -0.39 is 0 Å². The van der Waals surface area contributed by atoms with Crippen molar-refractivity contribution < 1.29 is 9.42 Å². The molecule has 6 nitrogen and oxygen atoms in total. The first kappa shape index (κ1) is 9.70. The van der Waals surface area contributed by atoms with E-state index in [2.05, 4.69) is 20.3 Å². The summed E-state index contributed by atoms with van der Waals surface area (Å²) in [6.45, 7) is 2.02. The van der Waals surface area contributed by atoms with E-state index >= 15 is 0 Å². The number of nitrogens with two attached hydrogens (primary N) is 1. The molecule has 0 bridgehead atoms. The van der Waals surface area contributed by atoms with E-state index in [1.165, 1.54) is 0 Å². The lowest BCUT2D eigenvalue weighted by Crippen LogP contribution is -2.16. The number of ketones is 1. The Morgan fingerprint density at radius 2 is 2.33 bits per heavy atom. The van der Waals surface area contributed by atoms with Crippen molar-refractivity contribution in [2.24, 2.45) is 5.92 Å². The maximum Gasteiger partial charge on any atom is 0.219 e. The molecule has 0 saturated carbocycles. The van der Waals surface area contributed by atoms with Crippen LogP contribution in [0.1, 0.15) is 19.8 Å². The highest BCUT2D eigenvalue weighted by Crippen LogP contribution is 2.23. The van der Waals surface area contributed by atoms with Crippen molar-refractivity contribution in [3.8, 4) is 0 Å². The van der Waals surface area contributed by atoms with Gasteiger partial charge in [0.15, 0.2) is 5.78 Å². The van der Waals surface area contributed by atoms with E-state index in [1.807, 2.05) is 6.92 Å². The molecule has 0 fully saturated rings. The molecule has 1 atom stereocenters. The van der Waals surface area contributed by atoms with E-state index in [0.717, 1.165) is 12.1 Å². The molecule has 2 rings (SSSR count). The van der Waals surface area contributed by atoms with Crippen LogP contribution in [0.15, 0.2) is 16.4 Å².